The Morgan fingerprint density at radius 3 is 2.64 bits per heavy atom. The fraction of sp³-hybridized carbons (Fsp3) is 0.500. The topological polar surface area (TPSA) is 20.2 Å². The third-order valence-electron chi connectivity index (χ3n) is 3.31. The summed E-state index contributed by atoms with van der Waals surface area (Å²) in [5.41, 5.74) is 0.234. The van der Waals surface area contributed by atoms with Gasteiger partial charge in [-0.1, -0.05) is 30.2 Å². The van der Waals surface area contributed by atoms with Crippen molar-refractivity contribution in [2.24, 2.45) is 5.92 Å². The first kappa shape index (κ1) is 10.0. The van der Waals surface area contributed by atoms with Gasteiger partial charge in [-0.2, -0.15) is 0 Å². The summed E-state index contributed by atoms with van der Waals surface area (Å²) in [6.07, 6.45) is 3.49. The van der Waals surface area contributed by atoms with E-state index in [2.05, 4.69) is 0 Å². The lowest BCUT2D eigenvalue weighted by Crippen LogP contribution is -2.36. The van der Waals surface area contributed by atoms with Gasteiger partial charge in [-0.25, -0.2) is 0 Å². The second kappa shape index (κ2) is 3.56. The van der Waals surface area contributed by atoms with Crippen LogP contribution in [0.3, 0.4) is 0 Å². The Bertz CT molecular complexity index is 329. The maximum absolute atomic E-state index is 10.4. The summed E-state index contributed by atoms with van der Waals surface area (Å²) in [7, 11) is 0. The van der Waals surface area contributed by atoms with Crippen molar-refractivity contribution >= 4 is 11.6 Å². The minimum atomic E-state index is -0.705. The molecular formula is C12H15ClO. The molecule has 1 saturated carbocycles. The minimum absolute atomic E-state index is 0.404. The second-order valence-electron chi connectivity index (χ2n) is 4.29. The van der Waals surface area contributed by atoms with Gasteiger partial charge >= 0.3 is 0 Å². The molecule has 0 aliphatic heterocycles. The highest BCUT2D eigenvalue weighted by Gasteiger charge is 2.37. The molecule has 2 rings (SSSR count). The van der Waals surface area contributed by atoms with Crippen molar-refractivity contribution in [2.45, 2.75) is 31.8 Å². The highest BCUT2D eigenvalue weighted by atomic mass is 35.5. The smallest absolute Gasteiger partial charge is 0.0897 e. The van der Waals surface area contributed by atoms with Crippen LogP contribution in [0.4, 0.5) is 0 Å². The van der Waals surface area contributed by atoms with Gasteiger partial charge in [0.25, 0.3) is 0 Å². The third kappa shape index (κ3) is 1.67. The van der Waals surface area contributed by atoms with Gasteiger partial charge in [0.15, 0.2) is 0 Å². The highest BCUT2D eigenvalue weighted by molar-refractivity contribution is 6.30. The second-order valence-corrected chi connectivity index (χ2v) is 4.72. The SMILES string of the molecule is CC(O)(c1cccc(Cl)c1)C1CCC1. The molecule has 0 bridgehead atoms. The monoisotopic (exact) mass is 210 g/mol. The molecule has 1 atom stereocenters. The molecule has 2 heteroatoms. The quantitative estimate of drug-likeness (QED) is 0.794. The van der Waals surface area contributed by atoms with Crippen LogP contribution in [0.25, 0.3) is 0 Å². The Hall–Kier alpha value is -0.530. The van der Waals surface area contributed by atoms with E-state index in [-0.39, 0.29) is 0 Å². The Morgan fingerprint density at radius 2 is 2.14 bits per heavy atom. The molecule has 0 spiro atoms. The van der Waals surface area contributed by atoms with Gasteiger partial charge in [-0.05, 0) is 43.4 Å². The standard InChI is InChI=1S/C12H15ClO/c1-12(14,9-4-2-5-9)10-6-3-7-11(13)8-10/h3,6-9,14H,2,4-5H2,1H3. The van der Waals surface area contributed by atoms with E-state index in [0.29, 0.717) is 10.9 Å². The van der Waals surface area contributed by atoms with Crippen LogP contribution in [0.2, 0.25) is 5.02 Å². The Morgan fingerprint density at radius 1 is 1.43 bits per heavy atom. The molecule has 0 amide bonds. The molecule has 0 radical (unpaired) electrons. The Labute approximate surface area is 89.7 Å². The number of aliphatic hydroxyl groups is 1. The maximum Gasteiger partial charge on any atom is 0.0897 e. The van der Waals surface area contributed by atoms with E-state index in [0.717, 1.165) is 18.4 Å². The van der Waals surface area contributed by atoms with Gasteiger partial charge in [0.2, 0.25) is 0 Å². The summed E-state index contributed by atoms with van der Waals surface area (Å²) in [5, 5.41) is 11.1. The number of benzene rings is 1. The van der Waals surface area contributed by atoms with Crippen LogP contribution < -0.4 is 0 Å². The van der Waals surface area contributed by atoms with E-state index in [1.54, 1.807) is 0 Å². The van der Waals surface area contributed by atoms with Crippen molar-refractivity contribution in [3.05, 3.63) is 34.9 Å². The molecule has 1 nitrogen and oxygen atoms in total. The maximum atomic E-state index is 10.4. The zero-order valence-corrected chi connectivity index (χ0v) is 9.09. The van der Waals surface area contributed by atoms with Gasteiger partial charge in [-0.15, -0.1) is 0 Å². The van der Waals surface area contributed by atoms with E-state index in [1.807, 2.05) is 31.2 Å². The molecule has 76 valence electrons. The van der Waals surface area contributed by atoms with Crippen molar-refractivity contribution in [1.29, 1.82) is 0 Å². The molecule has 1 N–H and O–H groups in total. The summed E-state index contributed by atoms with van der Waals surface area (Å²) in [6.45, 7) is 1.89. The van der Waals surface area contributed by atoms with E-state index in [1.165, 1.54) is 6.42 Å². The number of hydrogen-bond acceptors (Lipinski definition) is 1. The zero-order valence-electron chi connectivity index (χ0n) is 8.33. The van der Waals surface area contributed by atoms with Crippen molar-refractivity contribution < 1.29 is 5.11 Å². The summed E-state index contributed by atoms with van der Waals surface area (Å²) >= 11 is 5.91. The lowest BCUT2D eigenvalue weighted by atomic mass is 9.71. The molecule has 14 heavy (non-hydrogen) atoms. The van der Waals surface area contributed by atoms with Crippen LogP contribution in [-0.2, 0) is 5.60 Å². The van der Waals surface area contributed by atoms with Crippen LogP contribution in [0, 0.1) is 5.92 Å². The molecule has 1 aromatic rings. The molecule has 0 heterocycles. The van der Waals surface area contributed by atoms with Crippen molar-refractivity contribution in [3.63, 3.8) is 0 Å². The van der Waals surface area contributed by atoms with Crippen molar-refractivity contribution in [1.82, 2.24) is 0 Å². The fourth-order valence-electron chi connectivity index (χ4n) is 2.01. The van der Waals surface area contributed by atoms with E-state index in [9.17, 15) is 5.11 Å². The number of rotatable bonds is 2. The fourth-order valence-corrected chi connectivity index (χ4v) is 2.20. The van der Waals surface area contributed by atoms with Gasteiger partial charge < -0.3 is 5.11 Å². The summed E-state index contributed by atoms with van der Waals surface area (Å²) in [4.78, 5) is 0. The van der Waals surface area contributed by atoms with Crippen LogP contribution in [0.5, 0.6) is 0 Å². The zero-order chi connectivity index (χ0) is 10.2. The molecular weight excluding hydrogens is 196 g/mol. The van der Waals surface area contributed by atoms with Crippen LogP contribution in [0.15, 0.2) is 24.3 Å². The Balaban J connectivity index is 2.28. The number of halogens is 1. The van der Waals surface area contributed by atoms with Gasteiger partial charge in [0, 0.05) is 5.02 Å². The van der Waals surface area contributed by atoms with Crippen LogP contribution >= 0.6 is 11.6 Å². The molecule has 1 aromatic carbocycles. The predicted molar refractivity (Wildman–Crippen MR) is 58.4 cm³/mol. The lowest BCUT2D eigenvalue weighted by molar-refractivity contribution is -0.0399. The molecule has 0 aromatic heterocycles. The highest BCUT2D eigenvalue weighted by Crippen LogP contribution is 2.42. The molecule has 1 aliphatic rings. The van der Waals surface area contributed by atoms with E-state index in [4.69, 9.17) is 11.6 Å². The van der Waals surface area contributed by atoms with Gasteiger partial charge in [0.05, 0.1) is 5.60 Å². The first-order valence-electron chi connectivity index (χ1n) is 5.09. The minimum Gasteiger partial charge on any atom is -0.385 e. The average molecular weight is 211 g/mol. The first-order chi connectivity index (χ1) is 6.60. The summed E-state index contributed by atoms with van der Waals surface area (Å²) < 4.78 is 0. The summed E-state index contributed by atoms with van der Waals surface area (Å²) in [6, 6.07) is 7.54. The summed E-state index contributed by atoms with van der Waals surface area (Å²) in [5.74, 6) is 0.404. The number of hydrogen-bond donors (Lipinski definition) is 1. The molecule has 1 fully saturated rings. The molecule has 1 aliphatic carbocycles. The predicted octanol–water partition coefficient (Wildman–Crippen LogP) is 3.35. The lowest BCUT2D eigenvalue weighted by Gasteiger charge is -2.39. The van der Waals surface area contributed by atoms with Gasteiger partial charge in [0.1, 0.15) is 0 Å². The van der Waals surface area contributed by atoms with E-state index >= 15 is 0 Å². The van der Waals surface area contributed by atoms with Crippen LogP contribution in [-0.4, -0.2) is 5.11 Å². The molecule has 1 unspecified atom stereocenters. The Kier molecular flexibility index (Phi) is 2.54. The first-order valence-corrected chi connectivity index (χ1v) is 5.47. The average Bonchev–Trinajstić information content (AvgIpc) is 2.00. The largest absolute Gasteiger partial charge is 0.385 e. The third-order valence-corrected chi connectivity index (χ3v) is 3.54. The van der Waals surface area contributed by atoms with E-state index < -0.39 is 5.60 Å². The van der Waals surface area contributed by atoms with Gasteiger partial charge in [-0.3, -0.25) is 0 Å². The van der Waals surface area contributed by atoms with Crippen LogP contribution in [0.1, 0.15) is 31.7 Å². The van der Waals surface area contributed by atoms with Crippen molar-refractivity contribution in [3.8, 4) is 0 Å². The molecule has 0 saturated heterocycles. The van der Waals surface area contributed by atoms with Crippen molar-refractivity contribution in [2.75, 3.05) is 0 Å². The normalized spacial score (nSPS) is 21.4.